The molecule has 21 heavy (non-hydrogen) atoms. The fraction of sp³-hybridized carbons (Fsp3) is 0.583. The smallest absolute Gasteiger partial charge is 0.306 e. The number of hydrogen-bond donors (Lipinski definition) is 2. The quantitative estimate of drug-likeness (QED) is 0.575. The summed E-state index contributed by atoms with van der Waals surface area (Å²) in [6, 6.07) is -1.68. The average molecular weight is 296 g/mol. The largest absolute Gasteiger partial charge is 0.360 e. The Morgan fingerprint density at radius 3 is 2.62 bits per heavy atom. The van der Waals surface area contributed by atoms with E-state index < -0.39 is 27.7 Å². The molecule has 2 N–H and O–H groups in total. The van der Waals surface area contributed by atoms with Crippen molar-refractivity contribution < 1.29 is 14.6 Å². The third-order valence-electron chi connectivity index (χ3n) is 3.87. The van der Waals surface area contributed by atoms with Crippen molar-refractivity contribution in [3.63, 3.8) is 0 Å². The van der Waals surface area contributed by atoms with Crippen molar-refractivity contribution in [3.8, 4) is 0 Å². The Hall–Kier alpha value is -2.45. The molecule has 0 spiro atoms. The van der Waals surface area contributed by atoms with Crippen LogP contribution in [0.3, 0.4) is 0 Å². The van der Waals surface area contributed by atoms with Crippen molar-refractivity contribution in [1.29, 1.82) is 0 Å². The maximum absolute atomic E-state index is 11.8. The molecule has 1 heterocycles. The molecule has 2 aliphatic rings. The van der Waals surface area contributed by atoms with Gasteiger partial charge in [-0.1, -0.05) is 0 Å². The Balaban J connectivity index is 2.50. The normalized spacial score (nSPS) is 22.5. The second-order valence-corrected chi connectivity index (χ2v) is 5.00. The zero-order valence-electron chi connectivity index (χ0n) is 11.5. The molecule has 0 saturated heterocycles. The fourth-order valence-electron chi connectivity index (χ4n) is 2.90. The van der Waals surface area contributed by atoms with E-state index in [2.05, 4.69) is 10.6 Å². The highest BCUT2D eigenvalue weighted by molar-refractivity contribution is 5.81. The van der Waals surface area contributed by atoms with Gasteiger partial charge in [0.2, 0.25) is 0 Å². The van der Waals surface area contributed by atoms with Crippen molar-refractivity contribution in [1.82, 2.24) is 10.6 Å². The number of carbonyl (C=O) groups is 1. The van der Waals surface area contributed by atoms with E-state index in [0.29, 0.717) is 18.4 Å². The number of nitrogens with zero attached hydrogens (tertiary/aromatic N) is 2. The lowest BCUT2D eigenvalue weighted by molar-refractivity contribution is -0.524. The Kier molecular flexibility index (Phi) is 4.20. The van der Waals surface area contributed by atoms with E-state index in [1.807, 2.05) is 0 Å². The number of allylic oxidation sites excluding steroid dienone is 1. The van der Waals surface area contributed by atoms with Gasteiger partial charge in [-0.25, -0.2) is 0 Å². The van der Waals surface area contributed by atoms with Gasteiger partial charge in [0.15, 0.2) is 5.92 Å². The van der Waals surface area contributed by atoms with Gasteiger partial charge in [0.1, 0.15) is 0 Å². The summed E-state index contributed by atoms with van der Waals surface area (Å²) >= 11 is 0. The third kappa shape index (κ3) is 2.71. The first-order valence-corrected chi connectivity index (χ1v) is 6.65. The molecule has 0 bridgehead atoms. The first-order valence-electron chi connectivity index (χ1n) is 6.65. The number of amides is 1. The summed E-state index contributed by atoms with van der Waals surface area (Å²) in [6.07, 6.45) is 4.11. The molecule has 1 aliphatic heterocycles. The molecule has 2 unspecified atom stereocenters. The summed E-state index contributed by atoms with van der Waals surface area (Å²) in [6.45, 7) is 0. The molecule has 114 valence electrons. The van der Waals surface area contributed by atoms with Gasteiger partial charge in [-0.05, 0) is 31.3 Å². The van der Waals surface area contributed by atoms with E-state index in [0.717, 1.165) is 18.5 Å². The number of carbonyl (C=O) groups excluding carboxylic acids is 1. The number of nitro groups is 2. The van der Waals surface area contributed by atoms with Gasteiger partial charge in [0.05, 0.1) is 11.1 Å². The molecule has 2 atom stereocenters. The van der Waals surface area contributed by atoms with Crippen LogP contribution in [0.2, 0.25) is 0 Å². The van der Waals surface area contributed by atoms with E-state index in [4.69, 9.17) is 0 Å². The SMILES string of the molecule is CNC(=O)C(C1C([N+](=O)[O-])=CNC2=C1CCCC2)[N+](=O)[O-]. The number of dihydropyridines is 1. The van der Waals surface area contributed by atoms with Crippen molar-refractivity contribution in [2.24, 2.45) is 5.92 Å². The first-order chi connectivity index (χ1) is 9.97. The molecule has 0 radical (unpaired) electrons. The van der Waals surface area contributed by atoms with E-state index in [1.54, 1.807) is 0 Å². The summed E-state index contributed by atoms with van der Waals surface area (Å²) < 4.78 is 0. The zero-order valence-corrected chi connectivity index (χ0v) is 11.5. The molecule has 0 aromatic rings. The number of nitrogens with one attached hydrogen (secondary N) is 2. The highest BCUT2D eigenvalue weighted by atomic mass is 16.6. The molecular formula is C12H16N4O5. The average Bonchev–Trinajstić information content (AvgIpc) is 2.46. The Morgan fingerprint density at radius 1 is 1.38 bits per heavy atom. The molecule has 1 aliphatic carbocycles. The van der Waals surface area contributed by atoms with Gasteiger partial charge in [-0.15, -0.1) is 0 Å². The molecule has 9 nitrogen and oxygen atoms in total. The molecule has 2 rings (SSSR count). The highest BCUT2D eigenvalue weighted by Gasteiger charge is 2.49. The number of rotatable bonds is 4. The molecular weight excluding hydrogens is 280 g/mol. The van der Waals surface area contributed by atoms with Crippen LogP contribution < -0.4 is 10.6 Å². The van der Waals surface area contributed by atoms with Gasteiger partial charge in [0, 0.05) is 17.7 Å². The van der Waals surface area contributed by atoms with Crippen molar-refractivity contribution >= 4 is 5.91 Å². The van der Waals surface area contributed by atoms with Crippen LogP contribution in [0.5, 0.6) is 0 Å². The summed E-state index contributed by atoms with van der Waals surface area (Å²) in [4.78, 5) is 32.9. The Bertz CT molecular complexity index is 554. The standard InChI is InChI=1S/C12H16N4O5/c1-13-12(17)11(16(20)21)10-7-4-2-3-5-8(7)14-6-9(10)15(18)19/h6,10-11,14H,2-5H2,1H3,(H,13,17). The Labute approximate surface area is 120 Å². The van der Waals surface area contributed by atoms with Gasteiger partial charge >= 0.3 is 6.04 Å². The zero-order chi connectivity index (χ0) is 15.6. The Morgan fingerprint density at radius 2 is 2.05 bits per heavy atom. The third-order valence-corrected chi connectivity index (χ3v) is 3.87. The van der Waals surface area contributed by atoms with Crippen LogP contribution in [0.1, 0.15) is 25.7 Å². The maximum Gasteiger partial charge on any atom is 0.306 e. The second-order valence-electron chi connectivity index (χ2n) is 5.00. The minimum atomic E-state index is -1.68. The van der Waals surface area contributed by atoms with Crippen LogP contribution in [0.4, 0.5) is 0 Å². The monoisotopic (exact) mass is 296 g/mol. The van der Waals surface area contributed by atoms with Crippen molar-refractivity contribution in [2.75, 3.05) is 7.05 Å². The first kappa shape index (κ1) is 14.9. The van der Waals surface area contributed by atoms with Gasteiger partial charge in [-0.3, -0.25) is 25.0 Å². The lowest BCUT2D eigenvalue weighted by atomic mass is 9.79. The molecule has 9 heteroatoms. The van der Waals surface area contributed by atoms with Gasteiger partial charge in [-0.2, -0.15) is 0 Å². The predicted molar refractivity (Wildman–Crippen MR) is 72.0 cm³/mol. The second kappa shape index (κ2) is 5.90. The summed E-state index contributed by atoms with van der Waals surface area (Å²) in [5.74, 6) is -1.94. The van der Waals surface area contributed by atoms with Gasteiger partial charge < -0.3 is 10.6 Å². The lowest BCUT2D eigenvalue weighted by Gasteiger charge is -2.29. The van der Waals surface area contributed by atoms with Crippen LogP contribution in [0.25, 0.3) is 0 Å². The molecule has 0 saturated carbocycles. The molecule has 0 aromatic heterocycles. The fourth-order valence-corrected chi connectivity index (χ4v) is 2.90. The maximum atomic E-state index is 11.8. The molecule has 0 fully saturated rings. The van der Waals surface area contributed by atoms with Crippen molar-refractivity contribution in [2.45, 2.75) is 31.7 Å². The van der Waals surface area contributed by atoms with Crippen LogP contribution in [-0.2, 0) is 4.79 Å². The number of likely N-dealkylation sites (N-methyl/N-ethyl adjacent to an activating group) is 1. The van der Waals surface area contributed by atoms with E-state index in [1.165, 1.54) is 13.2 Å². The van der Waals surface area contributed by atoms with E-state index in [-0.39, 0.29) is 5.70 Å². The van der Waals surface area contributed by atoms with Crippen LogP contribution in [0.15, 0.2) is 23.2 Å². The summed E-state index contributed by atoms with van der Waals surface area (Å²) in [5, 5.41) is 27.6. The topological polar surface area (TPSA) is 127 Å². The molecule has 0 aromatic carbocycles. The predicted octanol–water partition coefficient (Wildman–Crippen LogP) is 0.543. The minimum absolute atomic E-state index is 0.332. The van der Waals surface area contributed by atoms with Gasteiger partial charge in [0.25, 0.3) is 11.6 Å². The molecule has 1 amide bonds. The minimum Gasteiger partial charge on any atom is -0.360 e. The number of hydrogen-bond acceptors (Lipinski definition) is 6. The summed E-state index contributed by atoms with van der Waals surface area (Å²) in [7, 11) is 1.28. The summed E-state index contributed by atoms with van der Waals surface area (Å²) in [5.41, 5.74) is 1.05. The van der Waals surface area contributed by atoms with Crippen LogP contribution >= 0.6 is 0 Å². The van der Waals surface area contributed by atoms with Crippen LogP contribution in [0, 0.1) is 26.1 Å². The van der Waals surface area contributed by atoms with E-state index in [9.17, 15) is 25.0 Å². The lowest BCUT2D eigenvalue weighted by Crippen LogP contribution is -2.47. The van der Waals surface area contributed by atoms with E-state index >= 15 is 0 Å². The highest BCUT2D eigenvalue weighted by Crippen LogP contribution is 2.38. The van der Waals surface area contributed by atoms with Crippen molar-refractivity contribution in [3.05, 3.63) is 43.4 Å². The van der Waals surface area contributed by atoms with Crippen LogP contribution in [-0.4, -0.2) is 28.8 Å².